The van der Waals surface area contributed by atoms with Gasteiger partial charge in [-0.2, -0.15) is 8.42 Å². The molecule has 0 saturated carbocycles. The third-order valence-electron chi connectivity index (χ3n) is 3.86. The predicted octanol–water partition coefficient (Wildman–Crippen LogP) is 4.42. The number of ether oxygens (including phenoxy) is 1. The summed E-state index contributed by atoms with van der Waals surface area (Å²) >= 11 is 0. The minimum absolute atomic E-state index is 0.199. The number of unbranched alkanes of at least 4 members (excludes halogenated alkanes) is 3. The number of hydrogen-bond donors (Lipinski definition) is 1. The van der Waals surface area contributed by atoms with E-state index < -0.39 is 10.1 Å². The van der Waals surface area contributed by atoms with Crippen LogP contribution in [0.25, 0.3) is 0 Å². The van der Waals surface area contributed by atoms with E-state index in [1.54, 1.807) is 0 Å². The van der Waals surface area contributed by atoms with Crippen LogP contribution in [0.1, 0.15) is 63.5 Å². The first-order valence-corrected chi connectivity index (χ1v) is 10.3. The maximum atomic E-state index is 10.7. The monoisotopic (exact) mass is 342 g/mol. The van der Waals surface area contributed by atoms with E-state index in [-0.39, 0.29) is 5.75 Å². The van der Waals surface area contributed by atoms with Gasteiger partial charge in [-0.15, -0.1) is 0 Å². The molecule has 0 unspecified atom stereocenters. The molecule has 0 heterocycles. The summed E-state index contributed by atoms with van der Waals surface area (Å²) < 4.78 is 36.0. The lowest BCUT2D eigenvalue weighted by molar-refractivity contribution is 0.305. The lowest BCUT2D eigenvalue weighted by Gasteiger charge is -2.15. The van der Waals surface area contributed by atoms with Gasteiger partial charge in [0.15, 0.2) is 0 Å². The second kappa shape index (κ2) is 10.7. The van der Waals surface area contributed by atoms with Crippen molar-refractivity contribution in [2.24, 2.45) is 0 Å². The minimum Gasteiger partial charge on any atom is -0.493 e. The molecule has 1 aromatic carbocycles. The summed E-state index contributed by atoms with van der Waals surface area (Å²) in [6, 6.07) is 6.23. The Morgan fingerprint density at radius 2 is 1.70 bits per heavy atom. The predicted molar refractivity (Wildman–Crippen MR) is 94.8 cm³/mol. The first kappa shape index (κ1) is 20.0. The molecule has 0 atom stereocenters. The van der Waals surface area contributed by atoms with Crippen molar-refractivity contribution in [2.75, 3.05) is 12.4 Å². The first-order valence-electron chi connectivity index (χ1n) is 8.66. The molecule has 5 heteroatoms. The van der Waals surface area contributed by atoms with Crippen LogP contribution in [0, 0.1) is 0 Å². The molecule has 1 aromatic rings. The van der Waals surface area contributed by atoms with Crippen LogP contribution in [0.3, 0.4) is 0 Å². The van der Waals surface area contributed by atoms with Crippen LogP contribution in [-0.4, -0.2) is 25.3 Å². The van der Waals surface area contributed by atoms with E-state index >= 15 is 0 Å². The van der Waals surface area contributed by atoms with Gasteiger partial charge in [0.1, 0.15) is 5.75 Å². The molecule has 0 aromatic heterocycles. The summed E-state index contributed by atoms with van der Waals surface area (Å²) in [5, 5.41) is 0. The van der Waals surface area contributed by atoms with Gasteiger partial charge in [0.05, 0.1) is 12.4 Å². The Bertz CT molecular complexity index is 552. The van der Waals surface area contributed by atoms with Gasteiger partial charge in [-0.05, 0) is 55.7 Å². The average molecular weight is 343 g/mol. The molecule has 0 aliphatic rings. The Morgan fingerprint density at radius 1 is 1.00 bits per heavy atom. The van der Waals surface area contributed by atoms with Gasteiger partial charge < -0.3 is 4.74 Å². The molecule has 1 N–H and O–H groups in total. The maximum Gasteiger partial charge on any atom is 0.264 e. The molecule has 23 heavy (non-hydrogen) atoms. The summed E-state index contributed by atoms with van der Waals surface area (Å²) in [4.78, 5) is 0. The fourth-order valence-corrected chi connectivity index (χ4v) is 3.12. The van der Waals surface area contributed by atoms with E-state index in [9.17, 15) is 8.42 Å². The normalized spacial score (nSPS) is 11.6. The lowest BCUT2D eigenvalue weighted by Crippen LogP contribution is -2.07. The van der Waals surface area contributed by atoms with Gasteiger partial charge in [0, 0.05) is 0 Å². The molecule has 4 nitrogen and oxygen atoms in total. The van der Waals surface area contributed by atoms with E-state index in [2.05, 4.69) is 19.9 Å². The highest BCUT2D eigenvalue weighted by atomic mass is 32.2. The van der Waals surface area contributed by atoms with Crippen molar-refractivity contribution in [3.8, 4) is 5.75 Å². The third-order valence-corrected chi connectivity index (χ3v) is 4.67. The quantitative estimate of drug-likeness (QED) is 0.451. The molecule has 0 spiro atoms. The van der Waals surface area contributed by atoms with Crippen molar-refractivity contribution >= 4 is 10.1 Å². The Morgan fingerprint density at radius 3 is 2.35 bits per heavy atom. The van der Waals surface area contributed by atoms with E-state index in [1.807, 2.05) is 12.1 Å². The maximum absolute atomic E-state index is 10.7. The van der Waals surface area contributed by atoms with Crippen molar-refractivity contribution in [3.05, 3.63) is 29.3 Å². The smallest absolute Gasteiger partial charge is 0.264 e. The highest BCUT2D eigenvalue weighted by Crippen LogP contribution is 2.26. The minimum atomic E-state index is -3.86. The number of aryl methyl sites for hydroxylation is 1. The fraction of sp³-hybridized carbons (Fsp3) is 0.667. The summed E-state index contributed by atoms with van der Waals surface area (Å²) in [6.07, 6.45) is 7.78. The molecule has 0 bridgehead atoms. The van der Waals surface area contributed by atoms with Gasteiger partial charge in [-0.3, -0.25) is 4.55 Å². The Kier molecular flexibility index (Phi) is 9.26. The van der Waals surface area contributed by atoms with Crippen molar-refractivity contribution in [3.63, 3.8) is 0 Å². The van der Waals surface area contributed by atoms with E-state index in [4.69, 9.17) is 9.29 Å². The Balaban J connectivity index is 2.64. The third kappa shape index (κ3) is 8.37. The standard InChI is InChI=1S/C18H30O4S/c1-3-5-10-16-11-9-13-18(17(16)12-6-4-2)22-14-7-8-15-23(19,20)21/h9,11,13H,3-8,10,12,14-15H2,1-2H3,(H,19,20,21). The van der Waals surface area contributed by atoms with Crippen LogP contribution >= 0.6 is 0 Å². The second-order valence-electron chi connectivity index (χ2n) is 5.94. The van der Waals surface area contributed by atoms with E-state index in [0.29, 0.717) is 19.4 Å². The Labute approximate surface area is 141 Å². The molecule has 0 aliphatic carbocycles. The molecule has 0 aliphatic heterocycles. The fourth-order valence-electron chi connectivity index (χ4n) is 2.55. The van der Waals surface area contributed by atoms with Gasteiger partial charge >= 0.3 is 0 Å². The summed E-state index contributed by atoms with van der Waals surface area (Å²) in [5.41, 5.74) is 2.67. The molecule has 0 radical (unpaired) electrons. The van der Waals surface area contributed by atoms with Crippen molar-refractivity contribution in [1.29, 1.82) is 0 Å². The Hall–Kier alpha value is -1.07. The van der Waals surface area contributed by atoms with Gasteiger partial charge in [0.2, 0.25) is 0 Å². The van der Waals surface area contributed by atoms with Crippen LogP contribution in [0.15, 0.2) is 18.2 Å². The number of benzene rings is 1. The van der Waals surface area contributed by atoms with Crippen LogP contribution in [-0.2, 0) is 23.0 Å². The lowest BCUT2D eigenvalue weighted by atomic mass is 9.97. The van der Waals surface area contributed by atoms with E-state index in [0.717, 1.165) is 31.4 Å². The summed E-state index contributed by atoms with van der Waals surface area (Å²) in [7, 11) is -3.86. The van der Waals surface area contributed by atoms with Crippen molar-refractivity contribution in [2.45, 2.75) is 65.2 Å². The summed E-state index contributed by atoms with van der Waals surface area (Å²) in [5.74, 6) is 0.731. The van der Waals surface area contributed by atoms with Gasteiger partial charge in [-0.25, -0.2) is 0 Å². The zero-order chi connectivity index (χ0) is 17.1. The topological polar surface area (TPSA) is 63.6 Å². The molecule has 0 amide bonds. The van der Waals surface area contributed by atoms with Crippen LogP contribution in [0.2, 0.25) is 0 Å². The SMILES string of the molecule is CCCCc1cccc(OCCCCS(=O)(=O)O)c1CCCC. The molecule has 132 valence electrons. The van der Waals surface area contributed by atoms with Crippen molar-refractivity contribution < 1.29 is 17.7 Å². The second-order valence-corrected chi connectivity index (χ2v) is 7.51. The number of rotatable bonds is 12. The molecule has 0 saturated heterocycles. The molecular formula is C18H30O4S. The first-order chi connectivity index (χ1) is 11.0. The van der Waals surface area contributed by atoms with Crippen LogP contribution < -0.4 is 4.74 Å². The van der Waals surface area contributed by atoms with E-state index in [1.165, 1.54) is 24.0 Å². The molecular weight excluding hydrogens is 312 g/mol. The molecule has 1 rings (SSSR count). The van der Waals surface area contributed by atoms with Gasteiger partial charge in [-0.1, -0.05) is 38.8 Å². The highest BCUT2D eigenvalue weighted by Gasteiger charge is 2.10. The highest BCUT2D eigenvalue weighted by molar-refractivity contribution is 7.85. The summed E-state index contributed by atoms with van der Waals surface area (Å²) in [6.45, 7) is 4.86. The zero-order valence-electron chi connectivity index (χ0n) is 14.4. The van der Waals surface area contributed by atoms with Crippen LogP contribution in [0.5, 0.6) is 5.75 Å². The largest absolute Gasteiger partial charge is 0.493 e. The average Bonchev–Trinajstić information content (AvgIpc) is 2.50. The zero-order valence-corrected chi connectivity index (χ0v) is 15.2. The van der Waals surface area contributed by atoms with Gasteiger partial charge in [0.25, 0.3) is 10.1 Å². The molecule has 0 fully saturated rings. The number of hydrogen-bond acceptors (Lipinski definition) is 3. The van der Waals surface area contributed by atoms with Crippen molar-refractivity contribution in [1.82, 2.24) is 0 Å². The van der Waals surface area contributed by atoms with Crippen LogP contribution in [0.4, 0.5) is 0 Å².